The lowest BCUT2D eigenvalue weighted by Crippen LogP contribution is -2.38. The predicted molar refractivity (Wildman–Crippen MR) is 140 cm³/mol. The SMILES string of the molecule is O=c1/c(=C/c2ccc(O)c(Br)c2)sc2n1[C@H](c1ccccc1Cl)C1=C(N=2)c2ccccc2CC1. The molecule has 4 nitrogen and oxygen atoms in total. The zero-order valence-corrected chi connectivity index (χ0v) is 21.0. The summed E-state index contributed by atoms with van der Waals surface area (Å²) in [4.78, 5) is 19.4. The highest BCUT2D eigenvalue weighted by atomic mass is 79.9. The fourth-order valence-corrected chi connectivity index (χ4v) is 6.40. The van der Waals surface area contributed by atoms with Crippen molar-refractivity contribution in [2.24, 2.45) is 4.99 Å². The molecule has 34 heavy (non-hydrogen) atoms. The molecule has 0 saturated carbocycles. The van der Waals surface area contributed by atoms with Crippen LogP contribution in [0.5, 0.6) is 5.75 Å². The number of nitrogens with zero attached hydrogens (tertiary/aromatic N) is 2. The molecular weight excluding hydrogens is 532 g/mol. The average molecular weight is 550 g/mol. The number of rotatable bonds is 2. The number of hydrogen-bond acceptors (Lipinski definition) is 4. The van der Waals surface area contributed by atoms with Crippen molar-refractivity contribution >= 4 is 50.6 Å². The van der Waals surface area contributed by atoms with Crippen LogP contribution in [0.4, 0.5) is 0 Å². The lowest BCUT2D eigenvalue weighted by molar-refractivity contribution is 0.472. The fraction of sp³-hybridized carbons (Fsp3) is 0.111. The molecule has 1 aliphatic heterocycles. The fourth-order valence-electron chi connectivity index (χ4n) is 4.76. The van der Waals surface area contributed by atoms with Crippen LogP contribution in [0.1, 0.15) is 34.7 Å². The first-order chi connectivity index (χ1) is 16.5. The Morgan fingerprint density at radius 1 is 1.09 bits per heavy atom. The summed E-state index contributed by atoms with van der Waals surface area (Å²) in [5.74, 6) is 0.156. The maximum Gasteiger partial charge on any atom is 0.271 e. The molecule has 2 aliphatic rings. The van der Waals surface area contributed by atoms with Gasteiger partial charge in [-0.15, -0.1) is 0 Å². The van der Waals surface area contributed by atoms with E-state index in [0.717, 1.165) is 40.8 Å². The molecule has 0 saturated heterocycles. The quantitative estimate of drug-likeness (QED) is 0.362. The van der Waals surface area contributed by atoms with E-state index in [0.29, 0.717) is 18.8 Å². The Hall–Kier alpha value is -2.93. The third-order valence-electron chi connectivity index (χ3n) is 6.34. The summed E-state index contributed by atoms with van der Waals surface area (Å²) in [6.07, 6.45) is 3.56. The number of aromatic nitrogens is 1. The van der Waals surface area contributed by atoms with Gasteiger partial charge in [0.2, 0.25) is 0 Å². The second-order valence-corrected chi connectivity index (χ2v) is 10.6. The predicted octanol–water partition coefficient (Wildman–Crippen LogP) is 5.44. The first kappa shape index (κ1) is 21.6. The highest BCUT2D eigenvalue weighted by Gasteiger charge is 2.33. The molecule has 2 heterocycles. The molecule has 1 aliphatic carbocycles. The van der Waals surface area contributed by atoms with Crippen molar-refractivity contribution in [1.82, 2.24) is 4.57 Å². The van der Waals surface area contributed by atoms with E-state index in [1.165, 1.54) is 16.9 Å². The second kappa shape index (κ2) is 8.38. The number of phenolic OH excluding ortho intramolecular Hbond substituents is 1. The highest BCUT2D eigenvalue weighted by Crippen LogP contribution is 2.42. The van der Waals surface area contributed by atoms with Gasteiger partial charge in [-0.3, -0.25) is 9.36 Å². The molecule has 1 aromatic heterocycles. The van der Waals surface area contributed by atoms with Gasteiger partial charge in [0.05, 0.1) is 20.7 Å². The average Bonchev–Trinajstić information content (AvgIpc) is 3.15. The Kier molecular flexibility index (Phi) is 5.32. The van der Waals surface area contributed by atoms with Gasteiger partial charge < -0.3 is 5.11 Å². The molecule has 168 valence electrons. The molecule has 0 unspecified atom stereocenters. The highest BCUT2D eigenvalue weighted by molar-refractivity contribution is 9.10. The number of thiazole rings is 1. The number of aromatic hydroxyl groups is 1. The van der Waals surface area contributed by atoms with Gasteiger partial charge in [-0.2, -0.15) is 0 Å². The summed E-state index contributed by atoms with van der Waals surface area (Å²) < 4.78 is 2.96. The minimum absolute atomic E-state index is 0.0942. The van der Waals surface area contributed by atoms with Crippen molar-refractivity contribution < 1.29 is 5.11 Å². The van der Waals surface area contributed by atoms with Gasteiger partial charge in [0.25, 0.3) is 5.56 Å². The molecule has 0 bridgehead atoms. The zero-order chi connectivity index (χ0) is 23.4. The molecule has 0 amide bonds. The third kappa shape index (κ3) is 3.49. The minimum atomic E-state index is -0.304. The number of hydrogen-bond donors (Lipinski definition) is 1. The Labute approximate surface area is 212 Å². The number of benzene rings is 3. The Bertz CT molecular complexity index is 1690. The van der Waals surface area contributed by atoms with Crippen LogP contribution >= 0.6 is 38.9 Å². The van der Waals surface area contributed by atoms with E-state index in [1.54, 1.807) is 22.8 Å². The van der Waals surface area contributed by atoms with Crippen LogP contribution < -0.4 is 14.9 Å². The molecule has 6 rings (SSSR count). The van der Waals surface area contributed by atoms with Gasteiger partial charge in [0.1, 0.15) is 5.75 Å². The molecule has 1 N–H and O–H groups in total. The van der Waals surface area contributed by atoms with E-state index in [1.807, 2.05) is 36.4 Å². The molecule has 0 spiro atoms. The lowest BCUT2D eigenvalue weighted by Gasteiger charge is -2.31. The van der Waals surface area contributed by atoms with E-state index >= 15 is 0 Å². The van der Waals surface area contributed by atoms with Crippen LogP contribution in [0, 0.1) is 0 Å². The number of phenols is 1. The molecular formula is C27H18BrClN2O2S. The molecule has 7 heteroatoms. The lowest BCUT2D eigenvalue weighted by atomic mass is 9.83. The van der Waals surface area contributed by atoms with Crippen LogP contribution in [0.2, 0.25) is 5.02 Å². The number of halogens is 2. The second-order valence-electron chi connectivity index (χ2n) is 8.35. The van der Waals surface area contributed by atoms with Crippen molar-refractivity contribution in [3.63, 3.8) is 0 Å². The van der Waals surface area contributed by atoms with Gasteiger partial charge in [-0.05, 0) is 75.3 Å². The van der Waals surface area contributed by atoms with E-state index in [-0.39, 0.29) is 17.4 Å². The van der Waals surface area contributed by atoms with Gasteiger partial charge in [0, 0.05) is 10.6 Å². The normalized spacial score (nSPS) is 17.1. The maximum absolute atomic E-state index is 13.7. The van der Waals surface area contributed by atoms with E-state index in [2.05, 4.69) is 34.1 Å². The van der Waals surface area contributed by atoms with Crippen LogP contribution in [0.15, 0.2) is 86.6 Å². The van der Waals surface area contributed by atoms with Crippen LogP contribution in [-0.2, 0) is 6.42 Å². The summed E-state index contributed by atoms with van der Waals surface area (Å²) in [7, 11) is 0. The first-order valence-corrected chi connectivity index (χ1v) is 12.9. The largest absolute Gasteiger partial charge is 0.507 e. The van der Waals surface area contributed by atoms with Crippen LogP contribution in [0.25, 0.3) is 11.8 Å². The number of aryl methyl sites for hydroxylation is 1. The van der Waals surface area contributed by atoms with Crippen molar-refractivity contribution in [3.05, 3.63) is 124 Å². The Morgan fingerprint density at radius 2 is 1.88 bits per heavy atom. The third-order valence-corrected chi connectivity index (χ3v) is 8.30. The van der Waals surface area contributed by atoms with Gasteiger partial charge in [-0.1, -0.05) is 71.5 Å². The number of fused-ring (bicyclic) bond motifs is 3. The first-order valence-electron chi connectivity index (χ1n) is 10.9. The summed E-state index contributed by atoms with van der Waals surface area (Å²) >= 11 is 11.4. The maximum atomic E-state index is 13.7. The van der Waals surface area contributed by atoms with Crippen molar-refractivity contribution in [1.29, 1.82) is 0 Å². The molecule has 0 radical (unpaired) electrons. The van der Waals surface area contributed by atoms with E-state index < -0.39 is 0 Å². The summed E-state index contributed by atoms with van der Waals surface area (Å²) in [5.41, 5.74) is 6.11. The van der Waals surface area contributed by atoms with Gasteiger partial charge in [-0.25, -0.2) is 4.99 Å². The van der Waals surface area contributed by atoms with Crippen molar-refractivity contribution in [2.75, 3.05) is 0 Å². The summed E-state index contributed by atoms with van der Waals surface area (Å²) in [6, 6.07) is 21.0. The standard InChI is InChI=1S/C27H18BrClN2O2S/c28-20-13-15(9-12-22(20)32)14-23-26(33)31-25(18-7-3-4-8-21(18)29)19-11-10-16-5-1-2-6-17(16)24(19)30-27(31)34-23/h1-9,12-14,25,32H,10-11H2/b23-14-/t25-/m1/s1. The topological polar surface area (TPSA) is 54.6 Å². The molecule has 0 fully saturated rings. The monoisotopic (exact) mass is 548 g/mol. The molecule has 3 aromatic carbocycles. The minimum Gasteiger partial charge on any atom is -0.507 e. The molecule has 4 aromatic rings. The number of allylic oxidation sites excluding steroid dienone is 1. The Morgan fingerprint density at radius 3 is 2.71 bits per heavy atom. The van der Waals surface area contributed by atoms with Crippen molar-refractivity contribution in [3.8, 4) is 5.75 Å². The van der Waals surface area contributed by atoms with E-state index in [9.17, 15) is 9.90 Å². The van der Waals surface area contributed by atoms with Crippen LogP contribution in [-0.4, -0.2) is 9.67 Å². The van der Waals surface area contributed by atoms with Gasteiger partial charge >= 0.3 is 0 Å². The smallest absolute Gasteiger partial charge is 0.271 e. The zero-order valence-electron chi connectivity index (χ0n) is 17.8. The summed E-state index contributed by atoms with van der Waals surface area (Å²) in [6.45, 7) is 0. The Balaban J connectivity index is 1.64. The van der Waals surface area contributed by atoms with Crippen LogP contribution in [0.3, 0.4) is 0 Å². The molecule has 1 atom stereocenters. The van der Waals surface area contributed by atoms with Crippen molar-refractivity contribution in [2.45, 2.75) is 18.9 Å². The summed E-state index contributed by atoms with van der Waals surface area (Å²) in [5, 5.41) is 10.5. The van der Waals surface area contributed by atoms with Gasteiger partial charge in [0.15, 0.2) is 4.80 Å². The van der Waals surface area contributed by atoms with E-state index in [4.69, 9.17) is 16.6 Å².